The van der Waals surface area contributed by atoms with Gasteiger partial charge >= 0.3 is 0 Å². The maximum Gasteiger partial charge on any atom is 0.212 e. The third-order valence-electron chi connectivity index (χ3n) is 2.12. The van der Waals surface area contributed by atoms with Gasteiger partial charge in [-0.25, -0.2) is 9.50 Å². The molecule has 3 rings (SSSR count). The summed E-state index contributed by atoms with van der Waals surface area (Å²) in [6.45, 7) is 1.98. The van der Waals surface area contributed by atoms with Crippen LogP contribution in [0.2, 0.25) is 0 Å². The summed E-state index contributed by atoms with van der Waals surface area (Å²) in [5.74, 6) is 0. The molecule has 0 atom stereocenters. The second-order valence-electron chi connectivity index (χ2n) is 3.21. The van der Waals surface area contributed by atoms with Crippen molar-refractivity contribution in [2.75, 3.05) is 0 Å². The topological polar surface area (TPSA) is 43.1 Å². The van der Waals surface area contributed by atoms with Crippen LogP contribution in [-0.2, 0) is 0 Å². The number of aryl methyl sites for hydroxylation is 1. The molecule has 4 nitrogen and oxygen atoms in total. The summed E-state index contributed by atoms with van der Waals surface area (Å²) in [6, 6.07) is 3.89. The second-order valence-corrected chi connectivity index (χ2v) is 4.37. The molecule has 0 unspecified atom stereocenters. The molecule has 0 amide bonds. The van der Waals surface area contributed by atoms with E-state index >= 15 is 0 Å². The standard InChI is InChI=1S/C10H8N4S/c1-7-13-14-6-9(12-10(14)15-7)8-2-4-11-5-3-8/h2-6H,1H3. The molecular formula is C10H8N4S. The SMILES string of the molecule is Cc1nn2cc(-c3ccncc3)nc2s1. The molecule has 0 saturated carbocycles. The van der Waals surface area contributed by atoms with Gasteiger partial charge in [-0.05, 0) is 19.1 Å². The first kappa shape index (κ1) is 8.55. The predicted molar refractivity (Wildman–Crippen MR) is 58.8 cm³/mol. The molecule has 5 heteroatoms. The van der Waals surface area contributed by atoms with Crippen LogP contribution in [0.25, 0.3) is 16.2 Å². The molecule has 0 aromatic carbocycles. The summed E-state index contributed by atoms with van der Waals surface area (Å²) < 4.78 is 1.82. The summed E-state index contributed by atoms with van der Waals surface area (Å²) in [5, 5.41) is 5.34. The number of fused-ring (bicyclic) bond motifs is 1. The highest BCUT2D eigenvalue weighted by atomic mass is 32.1. The molecule has 0 bridgehead atoms. The van der Waals surface area contributed by atoms with Crippen molar-refractivity contribution in [1.29, 1.82) is 0 Å². The van der Waals surface area contributed by atoms with Gasteiger partial charge in [0, 0.05) is 18.0 Å². The number of nitrogens with zero attached hydrogens (tertiary/aromatic N) is 4. The third-order valence-corrected chi connectivity index (χ3v) is 2.96. The van der Waals surface area contributed by atoms with Crippen LogP contribution < -0.4 is 0 Å². The first-order chi connectivity index (χ1) is 7.33. The number of pyridine rings is 1. The smallest absolute Gasteiger partial charge is 0.212 e. The zero-order valence-electron chi connectivity index (χ0n) is 8.08. The molecule has 3 heterocycles. The summed E-state index contributed by atoms with van der Waals surface area (Å²) >= 11 is 1.59. The number of rotatable bonds is 1. The highest BCUT2D eigenvalue weighted by Gasteiger charge is 2.06. The van der Waals surface area contributed by atoms with E-state index in [0.29, 0.717) is 0 Å². The van der Waals surface area contributed by atoms with Crippen LogP contribution in [0.5, 0.6) is 0 Å². The molecule has 15 heavy (non-hydrogen) atoms. The van der Waals surface area contributed by atoms with Crippen LogP contribution in [0, 0.1) is 6.92 Å². The van der Waals surface area contributed by atoms with Crippen molar-refractivity contribution in [3.63, 3.8) is 0 Å². The summed E-state index contributed by atoms with van der Waals surface area (Å²) in [5.41, 5.74) is 2.01. The summed E-state index contributed by atoms with van der Waals surface area (Å²) in [6.07, 6.45) is 5.47. The predicted octanol–water partition coefficient (Wildman–Crippen LogP) is 2.16. The minimum Gasteiger partial charge on any atom is -0.265 e. The number of hydrogen-bond acceptors (Lipinski definition) is 4. The van der Waals surface area contributed by atoms with Gasteiger partial charge in [0.2, 0.25) is 4.96 Å². The maximum atomic E-state index is 4.50. The van der Waals surface area contributed by atoms with E-state index in [1.807, 2.05) is 29.8 Å². The molecule has 3 aromatic heterocycles. The number of hydrogen-bond donors (Lipinski definition) is 0. The molecule has 0 saturated heterocycles. The van der Waals surface area contributed by atoms with Crippen LogP contribution >= 0.6 is 11.3 Å². The van der Waals surface area contributed by atoms with Crippen molar-refractivity contribution in [1.82, 2.24) is 19.6 Å². The fraction of sp³-hybridized carbons (Fsp3) is 0.100. The van der Waals surface area contributed by atoms with E-state index in [4.69, 9.17) is 0 Å². The molecule has 0 N–H and O–H groups in total. The minimum absolute atomic E-state index is 0.930. The second kappa shape index (κ2) is 3.13. The van der Waals surface area contributed by atoms with Crippen molar-refractivity contribution in [2.45, 2.75) is 6.92 Å². The molecule has 3 aromatic rings. The molecule has 0 spiro atoms. The van der Waals surface area contributed by atoms with Gasteiger partial charge in [0.25, 0.3) is 0 Å². The van der Waals surface area contributed by atoms with Gasteiger partial charge in [0.05, 0.1) is 11.9 Å². The van der Waals surface area contributed by atoms with Crippen LogP contribution in [0.4, 0.5) is 0 Å². The fourth-order valence-electron chi connectivity index (χ4n) is 1.46. The molecular weight excluding hydrogens is 208 g/mol. The van der Waals surface area contributed by atoms with E-state index in [1.54, 1.807) is 23.7 Å². The van der Waals surface area contributed by atoms with Gasteiger partial charge in [-0.2, -0.15) is 5.10 Å². The van der Waals surface area contributed by atoms with Crippen molar-refractivity contribution < 1.29 is 0 Å². The highest BCUT2D eigenvalue weighted by Crippen LogP contribution is 2.20. The Morgan fingerprint density at radius 2 is 2.07 bits per heavy atom. The van der Waals surface area contributed by atoms with E-state index in [0.717, 1.165) is 21.2 Å². The lowest BCUT2D eigenvalue weighted by Gasteiger charge is -1.92. The van der Waals surface area contributed by atoms with Crippen molar-refractivity contribution >= 4 is 16.3 Å². The lowest BCUT2D eigenvalue weighted by Crippen LogP contribution is -1.80. The normalized spacial score (nSPS) is 11.0. The number of aromatic nitrogens is 4. The van der Waals surface area contributed by atoms with Crippen molar-refractivity contribution in [3.8, 4) is 11.3 Å². The van der Waals surface area contributed by atoms with Gasteiger partial charge < -0.3 is 0 Å². The highest BCUT2D eigenvalue weighted by molar-refractivity contribution is 7.16. The zero-order valence-corrected chi connectivity index (χ0v) is 8.90. The fourth-order valence-corrected chi connectivity index (χ4v) is 2.19. The first-order valence-corrected chi connectivity index (χ1v) is 5.38. The average Bonchev–Trinajstić information content (AvgIpc) is 2.76. The molecule has 0 aliphatic carbocycles. The van der Waals surface area contributed by atoms with Crippen LogP contribution in [0.15, 0.2) is 30.7 Å². The first-order valence-electron chi connectivity index (χ1n) is 4.56. The molecule has 0 aliphatic heterocycles. The summed E-state index contributed by atoms with van der Waals surface area (Å²) in [4.78, 5) is 9.40. The molecule has 74 valence electrons. The molecule has 0 aliphatic rings. The van der Waals surface area contributed by atoms with Crippen LogP contribution in [0.3, 0.4) is 0 Å². The van der Waals surface area contributed by atoms with Gasteiger partial charge in [-0.15, -0.1) is 0 Å². The van der Waals surface area contributed by atoms with Gasteiger partial charge in [-0.3, -0.25) is 4.98 Å². The minimum atomic E-state index is 0.930. The largest absolute Gasteiger partial charge is 0.265 e. The Labute approximate surface area is 90.2 Å². The van der Waals surface area contributed by atoms with Crippen LogP contribution in [0.1, 0.15) is 5.01 Å². The lowest BCUT2D eigenvalue weighted by molar-refractivity contribution is 0.946. The average molecular weight is 216 g/mol. The Kier molecular flexibility index (Phi) is 1.78. The Morgan fingerprint density at radius 3 is 2.80 bits per heavy atom. The van der Waals surface area contributed by atoms with E-state index in [-0.39, 0.29) is 0 Å². The van der Waals surface area contributed by atoms with Gasteiger partial charge in [-0.1, -0.05) is 11.3 Å². The Balaban J connectivity index is 2.16. The van der Waals surface area contributed by atoms with E-state index < -0.39 is 0 Å². The van der Waals surface area contributed by atoms with E-state index in [1.165, 1.54) is 0 Å². The quantitative estimate of drug-likeness (QED) is 0.626. The van der Waals surface area contributed by atoms with E-state index in [2.05, 4.69) is 15.1 Å². The van der Waals surface area contributed by atoms with Gasteiger partial charge in [0.1, 0.15) is 5.01 Å². The van der Waals surface area contributed by atoms with E-state index in [9.17, 15) is 0 Å². The Morgan fingerprint density at radius 1 is 1.27 bits per heavy atom. The van der Waals surface area contributed by atoms with Crippen LogP contribution in [-0.4, -0.2) is 19.6 Å². The summed E-state index contributed by atoms with van der Waals surface area (Å²) in [7, 11) is 0. The molecule has 0 fully saturated rings. The maximum absolute atomic E-state index is 4.50. The molecule has 0 radical (unpaired) electrons. The monoisotopic (exact) mass is 216 g/mol. The van der Waals surface area contributed by atoms with Crippen molar-refractivity contribution in [3.05, 3.63) is 35.7 Å². The lowest BCUT2D eigenvalue weighted by atomic mass is 10.2. The third kappa shape index (κ3) is 1.41. The Hall–Kier alpha value is -1.75. The van der Waals surface area contributed by atoms with Crippen molar-refractivity contribution in [2.24, 2.45) is 0 Å². The number of imidazole rings is 1. The Bertz CT molecular complexity index is 565. The zero-order chi connectivity index (χ0) is 10.3. The van der Waals surface area contributed by atoms with Gasteiger partial charge in [0.15, 0.2) is 0 Å².